The standard InChI is InChI=1S/C21H21N5O3S2/c1-2-15-16(12-22)20(26-8-10-31(28,29)11-9-26)25-21(17(15)13-23)30-18(19(24)27)14-6-4-3-5-7-14/h3-7,18H,2,8-11H2,1H3,(H2,24,27). The van der Waals surface area contributed by atoms with Crippen molar-refractivity contribution in [1.29, 1.82) is 10.5 Å². The Morgan fingerprint density at radius 3 is 2.32 bits per heavy atom. The number of carbonyl (C=O) groups is 1. The summed E-state index contributed by atoms with van der Waals surface area (Å²) in [5.74, 6) is -0.295. The van der Waals surface area contributed by atoms with E-state index in [1.165, 1.54) is 0 Å². The molecule has 1 aromatic heterocycles. The lowest BCUT2D eigenvalue weighted by molar-refractivity contribution is -0.117. The number of benzene rings is 1. The number of nitrogens with two attached hydrogens (primary N) is 1. The number of nitriles is 2. The molecule has 1 unspecified atom stereocenters. The average molecular weight is 456 g/mol. The van der Waals surface area contributed by atoms with Crippen molar-refractivity contribution in [3.63, 3.8) is 0 Å². The molecule has 1 fully saturated rings. The average Bonchev–Trinajstić information content (AvgIpc) is 2.76. The van der Waals surface area contributed by atoms with Crippen LogP contribution in [0.15, 0.2) is 35.4 Å². The van der Waals surface area contributed by atoms with E-state index in [2.05, 4.69) is 17.1 Å². The van der Waals surface area contributed by atoms with E-state index >= 15 is 0 Å². The van der Waals surface area contributed by atoms with E-state index in [1.807, 2.05) is 13.0 Å². The lowest BCUT2D eigenvalue weighted by atomic mass is 10.0. The molecule has 1 aliphatic rings. The van der Waals surface area contributed by atoms with Gasteiger partial charge in [-0.05, 0) is 17.5 Å². The fourth-order valence-corrected chi connectivity index (χ4v) is 5.71. The molecule has 2 aromatic rings. The Hall–Kier alpha value is -3.08. The molecule has 2 heterocycles. The normalized spacial score (nSPS) is 16.2. The van der Waals surface area contributed by atoms with Crippen molar-refractivity contribution in [2.75, 3.05) is 29.5 Å². The molecular formula is C21H21N5O3S2. The minimum absolute atomic E-state index is 0.0303. The van der Waals surface area contributed by atoms with Gasteiger partial charge in [0.05, 0.1) is 22.6 Å². The van der Waals surface area contributed by atoms with Crippen LogP contribution in [0.25, 0.3) is 0 Å². The molecule has 0 saturated carbocycles. The van der Waals surface area contributed by atoms with Gasteiger partial charge in [-0.3, -0.25) is 4.79 Å². The summed E-state index contributed by atoms with van der Waals surface area (Å²) in [5, 5.41) is 19.1. The molecule has 1 atom stereocenters. The topological polar surface area (TPSA) is 141 Å². The molecule has 2 N–H and O–H groups in total. The van der Waals surface area contributed by atoms with Gasteiger partial charge in [-0.25, -0.2) is 13.4 Å². The van der Waals surface area contributed by atoms with Crippen LogP contribution < -0.4 is 10.6 Å². The molecule has 160 valence electrons. The highest BCUT2D eigenvalue weighted by Crippen LogP contribution is 2.39. The van der Waals surface area contributed by atoms with Gasteiger partial charge in [0.25, 0.3) is 0 Å². The highest BCUT2D eigenvalue weighted by atomic mass is 32.2. The Labute approximate surface area is 185 Å². The predicted molar refractivity (Wildman–Crippen MR) is 118 cm³/mol. The third-order valence-corrected chi connectivity index (χ3v) is 7.93. The van der Waals surface area contributed by atoms with E-state index < -0.39 is 21.0 Å². The molecule has 1 aromatic carbocycles. The molecule has 0 spiro atoms. The van der Waals surface area contributed by atoms with Gasteiger partial charge in [0.2, 0.25) is 5.91 Å². The van der Waals surface area contributed by atoms with E-state index in [-0.39, 0.29) is 35.7 Å². The number of aromatic nitrogens is 1. The molecule has 0 radical (unpaired) electrons. The summed E-state index contributed by atoms with van der Waals surface area (Å²) < 4.78 is 23.7. The van der Waals surface area contributed by atoms with Crippen LogP contribution in [0.1, 0.15) is 34.4 Å². The van der Waals surface area contributed by atoms with Crippen molar-refractivity contribution in [1.82, 2.24) is 4.98 Å². The monoisotopic (exact) mass is 455 g/mol. The Morgan fingerprint density at radius 1 is 1.19 bits per heavy atom. The second kappa shape index (κ2) is 9.38. The highest BCUT2D eigenvalue weighted by molar-refractivity contribution is 8.00. The predicted octanol–water partition coefficient (Wildman–Crippen LogP) is 1.94. The molecule has 3 rings (SSSR count). The zero-order valence-corrected chi connectivity index (χ0v) is 18.5. The van der Waals surface area contributed by atoms with Crippen molar-refractivity contribution >= 4 is 33.3 Å². The summed E-state index contributed by atoms with van der Waals surface area (Å²) in [6, 6.07) is 13.2. The van der Waals surface area contributed by atoms with Crippen molar-refractivity contribution in [2.24, 2.45) is 5.73 Å². The maximum atomic E-state index is 12.2. The van der Waals surface area contributed by atoms with Crippen LogP contribution in [0.5, 0.6) is 0 Å². The Kier molecular flexibility index (Phi) is 6.84. The fourth-order valence-electron chi connectivity index (χ4n) is 3.45. The van der Waals surface area contributed by atoms with Gasteiger partial charge in [0.15, 0.2) is 9.84 Å². The summed E-state index contributed by atoms with van der Waals surface area (Å²) in [7, 11) is -3.12. The number of thioether (sulfide) groups is 1. The van der Waals surface area contributed by atoms with Crippen LogP contribution >= 0.6 is 11.8 Å². The van der Waals surface area contributed by atoms with E-state index in [0.29, 0.717) is 28.4 Å². The first-order valence-corrected chi connectivity index (χ1v) is 12.3. The number of hydrogen-bond donors (Lipinski definition) is 1. The lowest BCUT2D eigenvalue weighted by Crippen LogP contribution is -2.41. The maximum Gasteiger partial charge on any atom is 0.235 e. The Bertz CT molecular complexity index is 1170. The van der Waals surface area contributed by atoms with Crippen LogP contribution in [0.3, 0.4) is 0 Å². The molecule has 31 heavy (non-hydrogen) atoms. The number of nitrogens with zero attached hydrogens (tertiary/aromatic N) is 4. The van der Waals surface area contributed by atoms with E-state index in [9.17, 15) is 23.7 Å². The van der Waals surface area contributed by atoms with E-state index in [0.717, 1.165) is 11.8 Å². The van der Waals surface area contributed by atoms with Gasteiger partial charge in [-0.15, -0.1) is 0 Å². The van der Waals surface area contributed by atoms with Gasteiger partial charge >= 0.3 is 0 Å². The van der Waals surface area contributed by atoms with Crippen LogP contribution in [0, 0.1) is 22.7 Å². The number of anilines is 1. The van der Waals surface area contributed by atoms with Crippen LogP contribution in [-0.4, -0.2) is 43.9 Å². The van der Waals surface area contributed by atoms with Crippen molar-refractivity contribution in [3.8, 4) is 12.1 Å². The number of rotatable bonds is 6. The highest BCUT2D eigenvalue weighted by Gasteiger charge is 2.29. The largest absolute Gasteiger partial charge is 0.368 e. The number of primary amides is 1. The summed E-state index contributed by atoms with van der Waals surface area (Å²) >= 11 is 1.07. The minimum atomic E-state index is -3.12. The molecule has 8 nitrogen and oxygen atoms in total. The smallest absolute Gasteiger partial charge is 0.235 e. The van der Waals surface area contributed by atoms with Crippen molar-refractivity contribution in [2.45, 2.75) is 23.6 Å². The SMILES string of the molecule is CCc1c(C#N)c(SC(C(N)=O)c2ccccc2)nc(N2CCS(=O)(=O)CC2)c1C#N. The van der Waals surface area contributed by atoms with Gasteiger partial charge in [0, 0.05) is 13.1 Å². The van der Waals surface area contributed by atoms with Crippen LogP contribution in [0.4, 0.5) is 5.82 Å². The molecule has 0 aliphatic carbocycles. The summed E-state index contributed by atoms with van der Waals surface area (Å²) in [4.78, 5) is 18.5. The number of carbonyl (C=O) groups excluding carboxylic acids is 1. The molecule has 1 aliphatic heterocycles. The molecule has 10 heteroatoms. The van der Waals surface area contributed by atoms with Crippen molar-refractivity contribution in [3.05, 3.63) is 52.6 Å². The summed E-state index contributed by atoms with van der Waals surface area (Å²) in [5.41, 5.74) is 7.35. The van der Waals surface area contributed by atoms with Crippen LogP contribution in [-0.2, 0) is 21.1 Å². The third kappa shape index (κ3) is 4.82. The molecule has 1 saturated heterocycles. The van der Waals surface area contributed by atoms with Gasteiger partial charge in [-0.1, -0.05) is 49.0 Å². The first-order chi connectivity index (χ1) is 14.8. The summed E-state index contributed by atoms with van der Waals surface area (Å²) in [6.07, 6.45) is 0.410. The second-order valence-corrected chi connectivity index (χ2v) is 10.4. The van der Waals surface area contributed by atoms with E-state index in [1.54, 1.807) is 29.2 Å². The zero-order valence-electron chi connectivity index (χ0n) is 16.9. The molecular weight excluding hydrogens is 434 g/mol. The van der Waals surface area contributed by atoms with Crippen molar-refractivity contribution < 1.29 is 13.2 Å². The minimum Gasteiger partial charge on any atom is -0.368 e. The first-order valence-electron chi connectivity index (χ1n) is 9.64. The van der Waals surface area contributed by atoms with E-state index in [4.69, 9.17) is 5.73 Å². The number of hydrogen-bond acceptors (Lipinski definition) is 8. The zero-order chi connectivity index (χ0) is 22.6. The molecule has 0 bridgehead atoms. The maximum absolute atomic E-state index is 12.2. The van der Waals surface area contributed by atoms with Gasteiger partial charge in [0.1, 0.15) is 28.2 Å². The Balaban J connectivity index is 2.12. The Morgan fingerprint density at radius 2 is 1.81 bits per heavy atom. The number of pyridine rings is 1. The first kappa shape index (κ1) is 22.6. The van der Waals surface area contributed by atoms with Gasteiger partial charge in [-0.2, -0.15) is 10.5 Å². The second-order valence-electron chi connectivity index (χ2n) is 7.00. The summed E-state index contributed by atoms with van der Waals surface area (Å²) in [6.45, 7) is 2.25. The number of amides is 1. The third-order valence-electron chi connectivity index (χ3n) is 5.06. The quantitative estimate of drug-likeness (QED) is 0.652. The van der Waals surface area contributed by atoms with Gasteiger partial charge < -0.3 is 10.6 Å². The molecule has 1 amide bonds. The van der Waals surface area contributed by atoms with Crippen LogP contribution in [0.2, 0.25) is 0 Å². The number of sulfone groups is 1. The fraction of sp³-hybridized carbons (Fsp3) is 0.333. The lowest BCUT2D eigenvalue weighted by Gasteiger charge is -2.30.